The summed E-state index contributed by atoms with van der Waals surface area (Å²) in [6.07, 6.45) is 5.49. The van der Waals surface area contributed by atoms with Crippen molar-refractivity contribution in [3.8, 4) is 23.8 Å². The highest BCUT2D eigenvalue weighted by atomic mass is 32.1. The third-order valence-corrected chi connectivity index (χ3v) is 5.11. The lowest BCUT2D eigenvalue weighted by Crippen LogP contribution is -2.19. The van der Waals surface area contributed by atoms with E-state index in [4.69, 9.17) is 20.6 Å². The molecular formula is C22H20N2O5S. The smallest absolute Gasteiger partial charge is 0.338 e. The van der Waals surface area contributed by atoms with E-state index in [2.05, 4.69) is 10.9 Å². The molecule has 0 spiro atoms. The SMILES string of the molecule is C#CCn1c(=NC(=O)COc2cccc(OC)c2)sc2cc(C(=O)OCC)ccc21. The zero-order chi connectivity index (χ0) is 21.5. The first-order valence-electron chi connectivity index (χ1n) is 9.14. The van der Waals surface area contributed by atoms with Crippen LogP contribution in [-0.4, -0.2) is 36.8 Å². The zero-order valence-electron chi connectivity index (χ0n) is 16.6. The number of carbonyl (C=O) groups is 2. The summed E-state index contributed by atoms with van der Waals surface area (Å²) >= 11 is 1.27. The van der Waals surface area contributed by atoms with Crippen molar-refractivity contribution < 1.29 is 23.8 Å². The van der Waals surface area contributed by atoms with E-state index < -0.39 is 11.9 Å². The maximum absolute atomic E-state index is 12.4. The summed E-state index contributed by atoms with van der Waals surface area (Å²) < 4.78 is 18.2. The number of ether oxygens (including phenoxy) is 3. The van der Waals surface area contributed by atoms with E-state index in [1.165, 1.54) is 11.3 Å². The van der Waals surface area contributed by atoms with Crippen LogP contribution in [0.3, 0.4) is 0 Å². The molecule has 0 radical (unpaired) electrons. The summed E-state index contributed by atoms with van der Waals surface area (Å²) in [5.74, 6) is 2.84. The molecule has 0 aliphatic rings. The lowest BCUT2D eigenvalue weighted by Gasteiger charge is -2.05. The zero-order valence-corrected chi connectivity index (χ0v) is 17.4. The second-order valence-electron chi connectivity index (χ2n) is 6.05. The Hall–Kier alpha value is -3.57. The van der Waals surface area contributed by atoms with Gasteiger partial charge in [0.05, 0.1) is 36.0 Å². The summed E-state index contributed by atoms with van der Waals surface area (Å²) in [5.41, 5.74) is 1.21. The van der Waals surface area contributed by atoms with Crippen molar-refractivity contribution in [1.82, 2.24) is 4.57 Å². The van der Waals surface area contributed by atoms with Gasteiger partial charge in [0.2, 0.25) is 0 Å². The van der Waals surface area contributed by atoms with Crippen molar-refractivity contribution >= 4 is 33.4 Å². The minimum Gasteiger partial charge on any atom is -0.497 e. The molecule has 0 unspecified atom stereocenters. The quantitative estimate of drug-likeness (QED) is 0.430. The number of benzene rings is 2. The Morgan fingerprint density at radius 3 is 2.73 bits per heavy atom. The fraction of sp³-hybridized carbons (Fsp3) is 0.227. The highest BCUT2D eigenvalue weighted by molar-refractivity contribution is 7.16. The molecule has 1 amide bonds. The molecule has 8 heteroatoms. The van der Waals surface area contributed by atoms with E-state index in [0.29, 0.717) is 28.5 Å². The first kappa shape index (κ1) is 21.1. The first-order valence-corrected chi connectivity index (χ1v) is 9.95. The van der Waals surface area contributed by atoms with Crippen molar-refractivity contribution in [3.63, 3.8) is 0 Å². The van der Waals surface area contributed by atoms with Gasteiger partial charge >= 0.3 is 5.97 Å². The molecule has 154 valence electrons. The minimum atomic E-state index is -0.458. The number of methoxy groups -OCH3 is 1. The standard InChI is InChI=1S/C22H20N2O5S/c1-4-11-24-18-10-9-15(21(26)28-5-2)12-19(18)30-22(24)23-20(25)14-29-17-8-6-7-16(13-17)27-3/h1,6-10,12-13H,5,11,14H2,2-3H3. The van der Waals surface area contributed by atoms with Crippen LogP contribution in [0.4, 0.5) is 0 Å². The van der Waals surface area contributed by atoms with Crippen LogP contribution in [0.5, 0.6) is 11.5 Å². The third kappa shape index (κ3) is 4.88. The van der Waals surface area contributed by atoms with Crippen LogP contribution < -0.4 is 14.3 Å². The van der Waals surface area contributed by atoms with Gasteiger partial charge in [0.1, 0.15) is 11.5 Å². The lowest BCUT2D eigenvalue weighted by molar-refractivity contribution is -0.120. The minimum absolute atomic E-state index is 0.231. The number of hydrogen-bond donors (Lipinski definition) is 0. The van der Waals surface area contributed by atoms with E-state index in [-0.39, 0.29) is 13.2 Å². The van der Waals surface area contributed by atoms with Gasteiger partial charge in [-0.05, 0) is 37.3 Å². The monoisotopic (exact) mass is 424 g/mol. The van der Waals surface area contributed by atoms with Crippen LogP contribution in [0.1, 0.15) is 17.3 Å². The van der Waals surface area contributed by atoms with Crippen LogP contribution in [0, 0.1) is 12.3 Å². The van der Waals surface area contributed by atoms with Gasteiger partial charge in [0.25, 0.3) is 5.91 Å². The van der Waals surface area contributed by atoms with Crippen LogP contribution in [0.15, 0.2) is 47.5 Å². The van der Waals surface area contributed by atoms with E-state index >= 15 is 0 Å². The van der Waals surface area contributed by atoms with E-state index in [1.54, 1.807) is 61.1 Å². The first-order chi connectivity index (χ1) is 14.5. The number of thiazole rings is 1. The molecule has 3 rings (SSSR count). The van der Waals surface area contributed by atoms with Crippen molar-refractivity contribution in [2.24, 2.45) is 4.99 Å². The maximum Gasteiger partial charge on any atom is 0.338 e. The summed E-state index contributed by atoms with van der Waals surface area (Å²) in [7, 11) is 1.55. The molecule has 0 fully saturated rings. The van der Waals surface area contributed by atoms with Gasteiger partial charge in [-0.2, -0.15) is 4.99 Å². The summed E-state index contributed by atoms with van der Waals surface area (Å²) in [5, 5.41) is 0. The predicted molar refractivity (Wildman–Crippen MR) is 114 cm³/mol. The summed E-state index contributed by atoms with van der Waals surface area (Å²) in [6.45, 7) is 2.05. The topological polar surface area (TPSA) is 79.1 Å². The Balaban J connectivity index is 1.87. The summed E-state index contributed by atoms with van der Waals surface area (Å²) in [6, 6.07) is 12.1. The fourth-order valence-corrected chi connectivity index (χ4v) is 3.80. The summed E-state index contributed by atoms with van der Waals surface area (Å²) in [4.78, 5) is 29.0. The molecule has 0 N–H and O–H groups in total. The van der Waals surface area contributed by atoms with E-state index in [1.807, 2.05) is 0 Å². The average molecular weight is 424 g/mol. The van der Waals surface area contributed by atoms with Crippen molar-refractivity contribution in [3.05, 3.63) is 52.8 Å². The second-order valence-corrected chi connectivity index (χ2v) is 7.06. The number of amides is 1. The normalized spacial score (nSPS) is 11.2. The van der Waals surface area contributed by atoms with E-state index in [0.717, 1.165) is 10.2 Å². The third-order valence-electron chi connectivity index (χ3n) is 4.07. The number of fused-ring (bicyclic) bond motifs is 1. The molecule has 2 aromatic carbocycles. The molecular weight excluding hydrogens is 404 g/mol. The van der Waals surface area contributed by atoms with Gasteiger partial charge in [-0.25, -0.2) is 4.79 Å². The second kappa shape index (κ2) is 9.76. The Labute approximate surface area is 177 Å². The van der Waals surface area contributed by atoms with Crippen LogP contribution in [0.25, 0.3) is 10.2 Å². The Bertz CT molecular complexity index is 1190. The van der Waals surface area contributed by atoms with Crippen molar-refractivity contribution in [2.75, 3.05) is 20.3 Å². The molecule has 7 nitrogen and oxygen atoms in total. The molecule has 1 heterocycles. The predicted octanol–water partition coefficient (Wildman–Crippen LogP) is 3.03. The lowest BCUT2D eigenvalue weighted by atomic mass is 10.2. The molecule has 0 bridgehead atoms. The molecule has 0 saturated carbocycles. The number of carbonyl (C=O) groups excluding carboxylic acids is 2. The number of terminal acetylenes is 1. The Morgan fingerprint density at radius 1 is 1.20 bits per heavy atom. The van der Waals surface area contributed by atoms with Crippen LogP contribution in [-0.2, 0) is 16.1 Å². The number of nitrogens with zero attached hydrogens (tertiary/aromatic N) is 2. The molecule has 0 saturated heterocycles. The van der Waals surface area contributed by atoms with Crippen molar-refractivity contribution in [2.45, 2.75) is 13.5 Å². The molecule has 0 aliphatic carbocycles. The van der Waals surface area contributed by atoms with Gasteiger partial charge in [-0.15, -0.1) is 6.42 Å². The molecule has 0 aliphatic heterocycles. The highest BCUT2D eigenvalue weighted by Crippen LogP contribution is 2.20. The van der Waals surface area contributed by atoms with Crippen LogP contribution >= 0.6 is 11.3 Å². The van der Waals surface area contributed by atoms with Crippen LogP contribution in [0.2, 0.25) is 0 Å². The largest absolute Gasteiger partial charge is 0.497 e. The molecule has 30 heavy (non-hydrogen) atoms. The van der Waals surface area contributed by atoms with Gasteiger partial charge in [0, 0.05) is 6.07 Å². The number of aromatic nitrogens is 1. The number of rotatable bonds is 7. The van der Waals surface area contributed by atoms with E-state index in [9.17, 15) is 9.59 Å². The maximum atomic E-state index is 12.4. The van der Waals surface area contributed by atoms with Gasteiger partial charge < -0.3 is 18.8 Å². The highest BCUT2D eigenvalue weighted by Gasteiger charge is 2.12. The van der Waals surface area contributed by atoms with Gasteiger partial charge in [0.15, 0.2) is 11.4 Å². The van der Waals surface area contributed by atoms with Crippen molar-refractivity contribution in [1.29, 1.82) is 0 Å². The fourth-order valence-electron chi connectivity index (χ4n) is 2.72. The number of hydrogen-bond acceptors (Lipinski definition) is 6. The average Bonchev–Trinajstić information content (AvgIpc) is 3.09. The molecule has 1 aromatic heterocycles. The van der Waals surface area contributed by atoms with Gasteiger partial charge in [-0.1, -0.05) is 23.3 Å². The molecule has 3 aromatic rings. The van der Waals surface area contributed by atoms with Gasteiger partial charge in [-0.3, -0.25) is 4.79 Å². The number of esters is 1. The Morgan fingerprint density at radius 2 is 2.00 bits per heavy atom. The molecule has 0 atom stereocenters. The Kier molecular flexibility index (Phi) is 6.88.